The second-order valence-corrected chi connectivity index (χ2v) is 6.80. The summed E-state index contributed by atoms with van der Waals surface area (Å²) in [5.74, 6) is 0.0934. The van der Waals surface area contributed by atoms with E-state index in [9.17, 15) is 9.59 Å². The maximum absolute atomic E-state index is 12.8. The Labute approximate surface area is 150 Å². The van der Waals surface area contributed by atoms with Crippen LogP contribution in [-0.2, 0) is 24.7 Å². The molecular formula is C19H21N5O2. The highest BCUT2D eigenvalue weighted by Crippen LogP contribution is 2.28. The monoisotopic (exact) mass is 351 g/mol. The summed E-state index contributed by atoms with van der Waals surface area (Å²) in [6, 6.07) is 1.90. The van der Waals surface area contributed by atoms with Crippen LogP contribution in [0.1, 0.15) is 28.8 Å². The van der Waals surface area contributed by atoms with Crippen LogP contribution in [0.4, 0.5) is 5.69 Å². The van der Waals surface area contributed by atoms with Gasteiger partial charge in [-0.25, -0.2) is 4.98 Å². The number of amides is 1. The minimum Gasteiger partial charge on any atom is -0.312 e. The van der Waals surface area contributed by atoms with Gasteiger partial charge in [-0.15, -0.1) is 0 Å². The van der Waals surface area contributed by atoms with Crippen molar-refractivity contribution in [2.24, 2.45) is 7.05 Å². The van der Waals surface area contributed by atoms with Crippen LogP contribution in [0, 0.1) is 13.8 Å². The normalized spacial score (nSPS) is 13.4. The van der Waals surface area contributed by atoms with Gasteiger partial charge in [0, 0.05) is 43.8 Å². The molecule has 26 heavy (non-hydrogen) atoms. The van der Waals surface area contributed by atoms with E-state index in [1.807, 2.05) is 31.0 Å². The molecule has 0 unspecified atom stereocenters. The van der Waals surface area contributed by atoms with Crippen LogP contribution in [0.5, 0.6) is 0 Å². The van der Waals surface area contributed by atoms with Crippen LogP contribution in [0.25, 0.3) is 11.0 Å². The summed E-state index contributed by atoms with van der Waals surface area (Å²) in [4.78, 5) is 35.5. The molecule has 0 aromatic carbocycles. The number of hydrogen-bond acceptors (Lipinski definition) is 4. The number of aryl methyl sites for hydroxylation is 3. The molecule has 1 N–H and O–H groups in total. The van der Waals surface area contributed by atoms with Gasteiger partial charge in [-0.05, 0) is 49.4 Å². The number of fused-ring (bicyclic) bond motifs is 2. The number of anilines is 1. The fraction of sp³-hybridized carbons (Fsp3) is 0.368. The highest BCUT2D eigenvalue weighted by Gasteiger charge is 2.25. The van der Waals surface area contributed by atoms with Gasteiger partial charge in [-0.2, -0.15) is 0 Å². The lowest BCUT2D eigenvalue weighted by atomic mass is 10.00. The first-order chi connectivity index (χ1) is 12.5. The molecule has 0 saturated carbocycles. The number of H-pyrrole nitrogens is 1. The van der Waals surface area contributed by atoms with Gasteiger partial charge in [0.05, 0.1) is 5.39 Å². The quantitative estimate of drug-likeness (QED) is 0.780. The molecule has 1 aliphatic rings. The molecule has 0 aliphatic carbocycles. The van der Waals surface area contributed by atoms with Crippen molar-refractivity contribution in [3.63, 3.8) is 0 Å². The molecule has 4 rings (SSSR count). The van der Waals surface area contributed by atoms with Crippen LogP contribution in [0.3, 0.4) is 0 Å². The fourth-order valence-corrected chi connectivity index (χ4v) is 3.87. The SMILES string of the molecule is Cc1nc2c(c(C)c1CCC(=O)N1CCc3cnccc31)c(=O)[nH]n2C. The van der Waals surface area contributed by atoms with Gasteiger partial charge < -0.3 is 4.90 Å². The van der Waals surface area contributed by atoms with Crippen molar-refractivity contribution < 1.29 is 4.79 Å². The molecule has 7 heteroatoms. The number of rotatable bonds is 3. The Morgan fingerprint density at radius 1 is 1.35 bits per heavy atom. The number of aromatic nitrogens is 4. The second-order valence-electron chi connectivity index (χ2n) is 6.80. The molecule has 0 atom stereocenters. The molecule has 0 fully saturated rings. The van der Waals surface area contributed by atoms with Crippen LogP contribution >= 0.6 is 0 Å². The predicted molar refractivity (Wildman–Crippen MR) is 99.4 cm³/mol. The van der Waals surface area contributed by atoms with E-state index in [1.54, 1.807) is 17.9 Å². The molecule has 0 spiro atoms. The molecule has 1 amide bonds. The molecule has 0 bridgehead atoms. The average molecular weight is 351 g/mol. The van der Waals surface area contributed by atoms with Crippen molar-refractivity contribution in [1.29, 1.82) is 0 Å². The first-order valence-electron chi connectivity index (χ1n) is 8.75. The van der Waals surface area contributed by atoms with E-state index >= 15 is 0 Å². The van der Waals surface area contributed by atoms with Gasteiger partial charge in [0.2, 0.25) is 5.91 Å². The summed E-state index contributed by atoms with van der Waals surface area (Å²) >= 11 is 0. The molecule has 0 saturated heterocycles. The summed E-state index contributed by atoms with van der Waals surface area (Å²) in [6.45, 7) is 4.57. The van der Waals surface area contributed by atoms with E-state index < -0.39 is 0 Å². The third-order valence-electron chi connectivity index (χ3n) is 5.24. The van der Waals surface area contributed by atoms with Crippen molar-refractivity contribution in [2.75, 3.05) is 11.4 Å². The standard InChI is InChI=1S/C19H21N5O2/c1-11-14(12(2)21-18-17(11)19(26)22-23(18)3)4-5-16(25)24-9-7-13-10-20-8-6-15(13)24/h6,8,10H,4-5,7,9H2,1-3H3,(H,22,26). The zero-order chi connectivity index (χ0) is 18.4. The van der Waals surface area contributed by atoms with Crippen LogP contribution in [0.2, 0.25) is 0 Å². The third kappa shape index (κ3) is 2.51. The van der Waals surface area contributed by atoms with Gasteiger partial charge in [-0.1, -0.05) is 0 Å². The number of aromatic amines is 1. The Balaban J connectivity index is 1.60. The lowest BCUT2D eigenvalue weighted by molar-refractivity contribution is -0.118. The van der Waals surface area contributed by atoms with E-state index in [2.05, 4.69) is 15.1 Å². The lowest BCUT2D eigenvalue weighted by Crippen LogP contribution is -2.29. The lowest BCUT2D eigenvalue weighted by Gasteiger charge is -2.18. The zero-order valence-electron chi connectivity index (χ0n) is 15.2. The van der Waals surface area contributed by atoms with Gasteiger partial charge in [-0.3, -0.25) is 24.4 Å². The van der Waals surface area contributed by atoms with Crippen LogP contribution in [-0.4, -0.2) is 32.2 Å². The summed E-state index contributed by atoms with van der Waals surface area (Å²) < 4.78 is 1.64. The molecule has 134 valence electrons. The molecule has 3 aromatic heterocycles. The molecule has 7 nitrogen and oxygen atoms in total. The molecule has 0 radical (unpaired) electrons. The van der Waals surface area contributed by atoms with Gasteiger partial charge in [0.15, 0.2) is 5.65 Å². The largest absolute Gasteiger partial charge is 0.312 e. The summed E-state index contributed by atoms with van der Waals surface area (Å²) in [6.07, 6.45) is 5.36. The molecule has 3 aromatic rings. The van der Waals surface area contributed by atoms with Gasteiger partial charge >= 0.3 is 0 Å². The van der Waals surface area contributed by atoms with Crippen LogP contribution < -0.4 is 10.5 Å². The average Bonchev–Trinajstić information content (AvgIpc) is 3.16. The van der Waals surface area contributed by atoms with Crippen molar-refractivity contribution >= 4 is 22.6 Å². The van der Waals surface area contributed by atoms with E-state index in [-0.39, 0.29) is 11.5 Å². The number of carbonyl (C=O) groups is 1. The minimum absolute atomic E-state index is 0.0934. The van der Waals surface area contributed by atoms with Crippen molar-refractivity contribution in [1.82, 2.24) is 19.7 Å². The number of nitrogens with one attached hydrogen (secondary N) is 1. The summed E-state index contributed by atoms with van der Waals surface area (Å²) in [5, 5.41) is 3.36. The van der Waals surface area contributed by atoms with Gasteiger partial charge in [0.1, 0.15) is 0 Å². The Bertz CT molecular complexity index is 1080. The number of hydrogen-bond donors (Lipinski definition) is 1. The van der Waals surface area contributed by atoms with Crippen molar-refractivity contribution in [2.45, 2.75) is 33.1 Å². The fourth-order valence-electron chi connectivity index (χ4n) is 3.87. The molecule has 1 aliphatic heterocycles. The highest BCUT2D eigenvalue weighted by atomic mass is 16.2. The number of carbonyl (C=O) groups excluding carboxylic acids is 1. The van der Waals surface area contributed by atoms with Crippen LogP contribution in [0.15, 0.2) is 23.3 Å². The van der Waals surface area contributed by atoms with E-state index in [4.69, 9.17) is 0 Å². The van der Waals surface area contributed by atoms with Crippen molar-refractivity contribution in [3.05, 3.63) is 51.2 Å². The Morgan fingerprint density at radius 3 is 2.96 bits per heavy atom. The zero-order valence-corrected chi connectivity index (χ0v) is 15.2. The van der Waals surface area contributed by atoms with Crippen molar-refractivity contribution in [3.8, 4) is 0 Å². The summed E-state index contributed by atoms with van der Waals surface area (Å²) in [5.41, 5.74) is 5.36. The Morgan fingerprint density at radius 2 is 2.15 bits per heavy atom. The van der Waals surface area contributed by atoms with Gasteiger partial charge in [0.25, 0.3) is 5.56 Å². The Kier molecular flexibility index (Phi) is 3.86. The topological polar surface area (TPSA) is 83.9 Å². The second kappa shape index (κ2) is 6.09. The number of pyridine rings is 2. The smallest absolute Gasteiger partial charge is 0.273 e. The predicted octanol–water partition coefficient (Wildman–Crippen LogP) is 1.80. The van der Waals surface area contributed by atoms with E-state index in [0.717, 1.165) is 34.5 Å². The highest BCUT2D eigenvalue weighted by molar-refractivity contribution is 5.95. The first kappa shape index (κ1) is 16.5. The first-order valence-corrected chi connectivity index (χ1v) is 8.75. The molecule has 4 heterocycles. The summed E-state index contributed by atoms with van der Waals surface area (Å²) in [7, 11) is 1.78. The Hall–Kier alpha value is -2.96. The van der Waals surface area contributed by atoms with E-state index in [1.165, 1.54) is 0 Å². The molecular weight excluding hydrogens is 330 g/mol. The number of nitrogens with zero attached hydrogens (tertiary/aromatic N) is 4. The minimum atomic E-state index is -0.138. The third-order valence-corrected chi connectivity index (χ3v) is 5.24. The maximum atomic E-state index is 12.8. The van der Waals surface area contributed by atoms with E-state index in [0.29, 0.717) is 30.4 Å². The maximum Gasteiger partial charge on any atom is 0.273 e.